The number of alkyl carbamates (subject to hydrolysis) is 2. The fourth-order valence-corrected chi connectivity index (χ4v) is 2.17. The Morgan fingerprint density at radius 2 is 1.18 bits per heavy atom. The van der Waals surface area contributed by atoms with Gasteiger partial charge in [-0.3, -0.25) is 20.2 Å². The first-order valence-corrected chi connectivity index (χ1v) is 6.14. The molecule has 10 nitrogen and oxygen atoms in total. The van der Waals surface area contributed by atoms with Gasteiger partial charge in [0.2, 0.25) is 15.7 Å². The van der Waals surface area contributed by atoms with Crippen molar-refractivity contribution in [2.24, 2.45) is 0 Å². The number of imide groups is 2. The van der Waals surface area contributed by atoms with Gasteiger partial charge >= 0.3 is 12.2 Å². The predicted molar refractivity (Wildman–Crippen MR) is 68.6 cm³/mol. The average Bonchev–Trinajstić information content (AvgIpc) is 2.92. The SMILES string of the molecule is [B]C(=O)NC(=O)O[C@H]1CO[C@H]2[C@@H]1OC[C@H]2OC(=O)NC([B])=O. The van der Waals surface area contributed by atoms with Crippen LogP contribution in [0.3, 0.4) is 0 Å². The molecule has 12 heteroatoms. The van der Waals surface area contributed by atoms with Gasteiger partial charge in [0, 0.05) is 0 Å². The van der Waals surface area contributed by atoms with Crippen LogP contribution in [0, 0.1) is 0 Å². The summed E-state index contributed by atoms with van der Waals surface area (Å²) >= 11 is 0. The maximum Gasteiger partial charge on any atom is 0.413 e. The number of amides is 4. The van der Waals surface area contributed by atoms with E-state index in [1.54, 1.807) is 10.6 Å². The first kappa shape index (κ1) is 16.3. The molecule has 2 N–H and O–H groups in total. The topological polar surface area (TPSA) is 129 Å². The monoisotopic (exact) mass is 308 g/mol. The van der Waals surface area contributed by atoms with Crippen molar-refractivity contribution >= 4 is 39.5 Å². The molecule has 4 amide bonds. The Morgan fingerprint density at radius 3 is 1.50 bits per heavy atom. The normalized spacial score (nSPS) is 29.3. The fraction of sp³-hybridized carbons (Fsp3) is 0.600. The Bertz CT molecular complexity index is 457. The molecule has 2 aliphatic rings. The summed E-state index contributed by atoms with van der Waals surface area (Å²) in [6.07, 6.45) is -5.02. The standard InChI is InChI=1S/C10H10B2N2O8/c11-7(15)13-9(17)21-3-1-19-6-4(2-20-5(3)6)22-10(18)14-8(12)16/h3-6H,1-2H2,(H,13,15,17)(H,14,16,18)/t3-,4+,5-,6-/m1/s1. The maximum atomic E-state index is 11.3. The fourth-order valence-electron chi connectivity index (χ4n) is 2.17. The van der Waals surface area contributed by atoms with Crippen LogP contribution < -0.4 is 10.6 Å². The highest BCUT2D eigenvalue weighted by Gasteiger charge is 2.51. The number of hydrogen-bond donors (Lipinski definition) is 2. The lowest BCUT2D eigenvalue weighted by Gasteiger charge is -2.17. The molecule has 4 radical (unpaired) electrons. The maximum absolute atomic E-state index is 11.3. The van der Waals surface area contributed by atoms with Gasteiger partial charge in [-0.25, -0.2) is 9.59 Å². The zero-order chi connectivity index (χ0) is 16.3. The van der Waals surface area contributed by atoms with Crippen molar-refractivity contribution in [1.82, 2.24) is 10.6 Å². The first-order chi connectivity index (χ1) is 10.4. The summed E-state index contributed by atoms with van der Waals surface area (Å²) in [6, 6.07) is 0. The molecular weight excluding hydrogens is 298 g/mol. The van der Waals surface area contributed by atoms with Crippen molar-refractivity contribution in [3.05, 3.63) is 0 Å². The first-order valence-electron chi connectivity index (χ1n) is 6.14. The van der Waals surface area contributed by atoms with Crippen molar-refractivity contribution in [3.8, 4) is 0 Å². The summed E-state index contributed by atoms with van der Waals surface area (Å²) in [5.74, 6) is -2.12. The number of rotatable bonds is 2. The van der Waals surface area contributed by atoms with Gasteiger partial charge in [-0.2, -0.15) is 0 Å². The second kappa shape index (κ2) is 6.79. The van der Waals surface area contributed by atoms with E-state index in [1.165, 1.54) is 0 Å². The Hall–Kier alpha value is -2.07. The smallest absolute Gasteiger partial charge is 0.413 e. The van der Waals surface area contributed by atoms with E-state index in [0.29, 0.717) is 0 Å². The number of fused-ring (bicyclic) bond motifs is 1. The van der Waals surface area contributed by atoms with Gasteiger partial charge < -0.3 is 18.9 Å². The van der Waals surface area contributed by atoms with E-state index < -0.39 is 48.2 Å². The lowest BCUT2D eigenvalue weighted by atomic mass is 10.1. The van der Waals surface area contributed by atoms with E-state index in [2.05, 4.69) is 0 Å². The highest BCUT2D eigenvalue weighted by molar-refractivity contribution is 6.58. The molecular formula is C10H10B2N2O8. The average molecular weight is 308 g/mol. The van der Waals surface area contributed by atoms with Crippen molar-refractivity contribution in [1.29, 1.82) is 0 Å². The number of ether oxygens (including phenoxy) is 4. The third-order valence-corrected chi connectivity index (χ3v) is 2.93. The molecule has 2 fully saturated rings. The van der Waals surface area contributed by atoms with Gasteiger partial charge in [-0.05, 0) is 0 Å². The van der Waals surface area contributed by atoms with Crippen molar-refractivity contribution in [2.45, 2.75) is 24.4 Å². The zero-order valence-corrected chi connectivity index (χ0v) is 11.1. The van der Waals surface area contributed by atoms with Gasteiger partial charge in [0.25, 0.3) is 0 Å². The summed E-state index contributed by atoms with van der Waals surface area (Å²) in [7, 11) is 9.55. The van der Waals surface area contributed by atoms with Crippen molar-refractivity contribution < 1.29 is 38.1 Å². The van der Waals surface area contributed by atoms with Crippen molar-refractivity contribution in [2.75, 3.05) is 13.2 Å². The number of carbonyl (C=O) groups is 4. The number of nitrogens with one attached hydrogen (secondary N) is 2. The highest BCUT2D eigenvalue weighted by atomic mass is 16.7. The Kier molecular flexibility index (Phi) is 5.03. The molecule has 0 saturated carbocycles. The lowest BCUT2D eigenvalue weighted by Crippen LogP contribution is -2.40. The van der Waals surface area contributed by atoms with Crippen LogP contribution in [0.2, 0.25) is 0 Å². The van der Waals surface area contributed by atoms with Crippen LogP contribution >= 0.6 is 0 Å². The van der Waals surface area contributed by atoms with Crippen LogP contribution in [0.4, 0.5) is 19.2 Å². The van der Waals surface area contributed by atoms with E-state index in [1.807, 2.05) is 0 Å². The van der Waals surface area contributed by atoms with Crippen LogP contribution in [0.25, 0.3) is 0 Å². The van der Waals surface area contributed by atoms with Crippen LogP contribution in [0.5, 0.6) is 0 Å². The van der Waals surface area contributed by atoms with Crippen LogP contribution in [0.1, 0.15) is 0 Å². The molecule has 2 saturated heterocycles. The Balaban J connectivity index is 1.86. The molecule has 22 heavy (non-hydrogen) atoms. The molecule has 0 aromatic carbocycles. The minimum atomic E-state index is -1.06. The molecule has 0 aliphatic carbocycles. The van der Waals surface area contributed by atoms with E-state index in [0.717, 1.165) is 0 Å². The van der Waals surface area contributed by atoms with Crippen LogP contribution in [-0.2, 0) is 18.9 Å². The Morgan fingerprint density at radius 1 is 0.818 bits per heavy atom. The lowest BCUT2D eigenvalue weighted by molar-refractivity contribution is -0.0106. The van der Waals surface area contributed by atoms with E-state index in [-0.39, 0.29) is 13.2 Å². The summed E-state index contributed by atoms with van der Waals surface area (Å²) < 4.78 is 20.5. The number of carbonyl (C=O) groups excluding carboxylic acids is 4. The van der Waals surface area contributed by atoms with Crippen LogP contribution in [-0.4, -0.2) is 77.1 Å². The molecule has 2 heterocycles. The molecule has 114 valence electrons. The van der Waals surface area contributed by atoms with Gasteiger partial charge in [-0.1, -0.05) is 0 Å². The third kappa shape index (κ3) is 3.98. The van der Waals surface area contributed by atoms with Gasteiger partial charge in [0.1, 0.15) is 12.2 Å². The second-order valence-electron chi connectivity index (χ2n) is 4.46. The van der Waals surface area contributed by atoms with E-state index in [4.69, 9.17) is 34.6 Å². The van der Waals surface area contributed by atoms with Gasteiger partial charge in [0.15, 0.2) is 23.8 Å². The van der Waals surface area contributed by atoms with E-state index >= 15 is 0 Å². The largest absolute Gasteiger partial charge is 0.441 e. The van der Waals surface area contributed by atoms with E-state index in [9.17, 15) is 19.2 Å². The van der Waals surface area contributed by atoms with Crippen LogP contribution in [0.15, 0.2) is 0 Å². The molecule has 0 aromatic heterocycles. The molecule has 4 atom stereocenters. The second-order valence-corrected chi connectivity index (χ2v) is 4.46. The summed E-state index contributed by atoms with van der Waals surface area (Å²) in [5.41, 5.74) is 0. The minimum Gasteiger partial charge on any atom is -0.441 e. The third-order valence-electron chi connectivity index (χ3n) is 2.93. The summed E-state index contributed by atoms with van der Waals surface area (Å²) in [6.45, 7) is -0.0301. The molecule has 0 spiro atoms. The minimum absolute atomic E-state index is 0.0151. The predicted octanol–water partition coefficient (Wildman–Crippen LogP) is -1.45. The summed E-state index contributed by atoms with van der Waals surface area (Å²) in [5, 5.41) is 3.47. The quantitative estimate of drug-likeness (QED) is 0.593. The Labute approximate surface area is 127 Å². The molecule has 2 aliphatic heterocycles. The molecule has 0 unspecified atom stereocenters. The number of hydrogen-bond acceptors (Lipinski definition) is 8. The summed E-state index contributed by atoms with van der Waals surface area (Å²) in [4.78, 5) is 43.6. The highest BCUT2D eigenvalue weighted by Crippen LogP contribution is 2.30. The van der Waals surface area contributed by atoms with Crippen molar-refractivity contribution in [3.63, 3.8) is 0 Å². The van der Waals surface area contributed by atoms with Gasteiger partial charge in [-0.15, -0.1) is 0 Å². The van der Waals surface area contributed by atoms with Gasteiger partial charge in [0.05, 0.1) is 13.2 Å². The molecule has 0 aromatic rings. The molecule has 0 bridgehead atoms. The zero-order valence-electron chi connectivity index (χ0n) is 11.1. The molecule has 2 rings (SSSR count).